The van der Waals surface area contributed by atoms with Gasteiger partial charge in [-0.15, -0.1) is 0 Å². The fraction of sp³-hybridized carbons (Fsp3) is 0.923. The van der Waals surface area contributed by atoms with Gasteiger partial charge in [0.15, 0.2) is 0 Å². The normalized spacial score (nSPS) is 11.4. The van der Waals surface area contributed by atoms with Crippen LogP contribution >= 0.6 is 0 Å². The molecule has 0 amide bonds. The molecule has 0 saturated heterocycles. The quantitative estimate of drug-likeness (QED) is 0.547. The molecule has 0 rings (SSSR count). The van der Waals surface area contributed by atoms with Crippen molar-refractivity contribution in [3.05, 3.63) is 0 Å². The lowest BCUT2D eigenvalue weighted by Crippen LogP contribution is -2.37. The van der Waals surface area contributed by atoms with Crippen LogP contribution < -0.4 is 0 Å². The Morgan fingerprint density at radius 2 is 1.76 bits per heavy atom. The largest absolute Gasteiger partial charge is 0.481 e. The number of hydrogen-bond acceptors (Lipinski definition) is 3. The van der Waals surface area contributed by atoms with E-state index in [-0.39, 0.29) is 13.0 Å². The number of aliphatic hydroxyl groups excluding tert-OH is 1. The second kappa shape index (κ2) is 10.5. The van der Waals surface area contributed by atoms with E-state index in [0.717, 1.165) is 45.2 Å². The molecule has 0 bridgehead atoms. The Labute approximate surface area is 105 Å². The fourth-order valence-electron chi connectivity index (χ4n) is 2.18. The van der Waals surface area contributed by atoms with E-state index >= 15 is 0 Å². The van der Waals surface area contributed by atoms with Crippen LogP contribution in [0.25, 0.3) is 0 Å². The molecular weight excluding hydrogens is 218 g/mol. The summed E-state index contributed by atoms with van der Waals surface area (Å²) in [4.78, 5) is 12.7. The predicted octanol–water partition coefficient (Wildman–Crippen LogP) is 2.11. The van der Waals surface area contributed by atoms with Gasteiger partial charge in [-0.25, -0.2) is 0 Å². The minimum atomic E-state index is -0.711. The van der Waals surface area contributed by atoms with Crippen LogP contribution in [0.3, 0.4) is 0 Å². The topological polar surface area (TPSA) is 60.8 Å². The average molecular weight is 245 g/mol. The number of nitrogens with zero attached hydrogens (tertiary/aromatic N) is 1. The predicted molar refractivity (Wildman–Crippen MR) is 69.1 cm³/mol. The second-order valence-electron chi connectivity index (χ2n) is 4.43. The lowest BCUT2D eigenvalue weighted by molar-refractivity contribution is -0.137. The summed E-state index contributed by atoms with van der Waals surface area (Å²) in [5.41, 5.74) is 0. The molecule has 0 aliphatic carbocycles. The lowest BCUT2D eigenvalue weighted by Gasteiger charge is -2.29. The zero-order valence-electron chi connectivity index (χ0n) is 11.2. The van der Waals surface area contributed by atoms with Gasteiger partial charge in [-0.05, 0) is 32.2 Å². The van der Waals surface area contributed by atoms with Crippen LogP contribution in [0.15, 0.2) is 0 Å². The van der Waals surface area contributed by atoms with Gasteiger partial charge in [0.05, 0.1) is 6.61 Å². The summed E-state index contributed by atoms with van der Waals surface area (Å²) < 4.78 is 0. The van der Waals surface area contributed by atoms with Gasteiger partial charge < -0.3 is 10.2 Å². The summed E-state index contributed by atoms with van der Waals surface area (Å²) >= 11 is 0. The van der Waals surface area contributed by atoms with Crippen molar-refractivity contribution in [1.29, 1.82) is 0 Å². The third kappa shape index (κ3) is 8.16. The van der Waals surface area contributed by atoms with Crippen LogP contribution in [0.5, 0.6) is 0 Å². The number of rotatable bonds is 11. The number of aliphatic carboxylic acids is 1. The van der Waals surface area contributed by atoms with E-state index in [1.165, 1.54) is 0 Å². The van der Waals surface area contributed by atoms with Crippen LogP contribution in [0.4, 0.5) is 0 Å². The van der Waals surface area contributed by atoms with Crippen LogP contribution in [-0.4, -0.2) is 46.8 Å². The standard InChI is InChI=1S/C13H27NO3/c1-3-12(4-2)14(10-11-15)9-7-5-6-8-13(16)17/h12,15H,3-11H2,1-2H3,(H,16,17). The number of aliphatic hydroxyl groups is 1. The van der Waals surface area contributed by atoms with E-state index in [0.29, 0.717) is 6.04 Å². The molecule has 17 heavy (non-hydrogen) atoms. The van der Waals surface area contributed by atoms with E-state index < -0.39 is 5.97 Å². The van der Waals surface area contributed by atoms with Gasteiger partial charge in [0.1, 0.15) is 0 Å². The molecular formula is C13H27NO3. The fourth-order valence-corrected chi connectivity index (χ4v) is 2.18. The highest BCUT2D eigenvalue weighted by Gasteiger charge is 2.13. The van der Waals surface area contributed by atoms with Crippen molar-refractivity contribution in [3.63, 3.8) is 0 Å². The number of unbranched alkanes of at least 4 members (excludes halogenated alkanes) is 2. The van der Waals surface area contributed by atoms with Gasteiger partial charge >= 0.3 is 5.97 Å². The van der Waals surface area contributed by atoms with Crippen molar-refractivity contribution in [1.82, 2.24) is 4.90 Å². The third-order valence-electron chi connectivity index (χ3n) is 3.18. The van der Waals surface area contributed by atoms with Crippen molar-refractivity contribution in [3.8, 4) is 0 Å². The van der Waals surface area contributed by atoms with Gasteiger partial charge in [-0.3, -0.25) is 9.69 Å². The highest BCUT2D eigenvalue weighted by Crippen LogP contribution is 2.10. The van der Waals surface area contributed by atoms with E-state index in [1.807, 2.05) is 0 Å². The molecule has 0 radical (unpaired) electrons. The Morgan fingerprint density at radius 3 is 2.24 bits per heavy atom. The molecule has 0 aromatic heterocycles. The molecule has 0 aliphatic rings. The number of carboxylic acid groups (broad SMARTS) is 1. The van der Waals surface area contributed by atoms with Crippen LogP contribution in [0, 0.1) is 0 Å². The zero-order valence-corrected chi connectivity index (χ0v) is 11.2. The summed E-state index contributed by atoms with van der Waals surface area (Å²) in [6.45, 7) is 6.23. The molecule has 0 saturated carbocycles. The number of carboxylic acids is 1. The molecule has 0 fully saturated rings. The maximum Gasteiger partial charge on any atom is 0.303 e. The maximum absolute atomic E-state index is 10.4. The Bertz CT molecular complexity index is 193. The molecule has 102 valence electrons. The number of carbonyl (C=O) groups is 1. The van der Waals surface area contributed by atoms with Crippen molar-refractivity contribution in [2.75, 3.05) is 19.7 Å². The summed E-state index contributed by atoms with van der Waals surface area (Å²) in [5, 5.41) is 17.6. The third-order valence-corrected chi connectivity index (χ3v) is 3.18. The first kappa shape index (κ1) is 16.4. The van der Waals surface area contributed by atoms with Crippen molar-refractivity contribution in [2.45, 2.75) is 58.4 Å². The first-order chi connectivity index (χ1) is 8.15. The smallest absolute Gasteiger partial charge is 0.303 e. The average Bonchev–Trinajstić information content (AvgIpc) is 2.29. The minimum Gasteiger partial charge on any atom is -0.481 e. The van der Waals surface area contributed by atoms with Gasteiger partial charge in [-0.1, -0.05) is 20.3 Å². The highest BCUT2D eigenvalue weighted by molar-refractivity contribution is 5.66. The van der Waals surface area contributed by atoms with Gasteiger partial charge in [0, 0.05) is 19.0 Å². The minimum absolute atomic E-state index is 0.200. The molecule has 0 aromatic rings. The second-order valence-corrected chi connectivity index (χ2v) is 4.43. The molecule has 0 aromatic carbocycles. The van der Waals surface area contributed by atoms with Crippen LogP contribution in [-0.2, 0) is 4.79 Å². The summed E-state index contributed by atoms with van der Waals surface area (Å²) in [5.74, 6) is -0.711. The molecule has 2 N–H and O–H groups in total. The van der Waals surface area contributed by atoms with Crippen LogP contribution in [0.2, 0.25) is 0 Å². The Balaban J connectivity index is 3.79. The Kier molecular flexibility index (Phi) is 10.2. The van der Waals surface area contributed by atoms with E-state index in [2.05, 4.69) is 18.7 Å². The first-order valence-electron chi connectivity index (χ1n) is 6.72. The Morgan fingerprint density at radius 1 is 1.12 bits per heavy atom. The van der Waals surface area contributed by atoms with Gasteiger partial charge in [0.25, 0.3) is 0 Å². The highest BCUT2D eigenvalue weighted by atomic mass is 16.4. The first-order valence-corrected chi connectivity index (χ1v) is 6.72. The SMILES string of the molecule is CCC(CC)N(CCO)CCCCCC(=O)O. The zero-order chi connectivity index (χ0) is 13.1. The van der Waals surface area contributed by atoms with Crippen LogP contribution in [0.1, 0.15) is 52.4 Å². The monoisotopic (exact) mass is 245 g/mol. The van der Waals surface area contributed by atoms with Crippen molar-refractivity contribution >= 4 is 5.97 Å². The molecule has 4 heteroatoms. The number of hydrogen-bond donors (Lipinski definition) is 2. The molecule has 0 heterocycles. The van der Waals surface area contributed by atoms with Gasteiger partial charge in [-0.2, -0.15) is 0 Å². The molecule has 0 unspecified atom stereocenters. The maximum atomic E-state index is 10.4. The molecule has 0 spiro atoms. The molecule has 4 nitrogen and oxygen atoms in total. The van der Waals surface area contributed by atoms with E-state index in [9.17, 15) is 4.79 Å². The lowest BCUT2D eigenvalue weighted by atomic mass is 10.1. The van der Waals surface area contributed by atoms with Gasteiger partial charge in [0.2, 0.25) is 0 Å². The molecule has 0 aliphatic heterocycles. The summed E-state index contributed by atoms with van der Waals surface area (Å²) in [7, 11) is 0. The molecule has 0 atom stereocenters. The van der Waals surface area contributed by atoms with Crippen molar-refractivity contribution in [2.24, 2.45) is 0 Å². The Hall–Kier alpha value is -0.610. The van der Waals surface area contributed by atoms with Crippen molar-refractivity contribution < 1.29 is 15.0 Å². The van der Waals surface area contributed by atoms with E-state index in [4.69, 9.17) is 10.2 Å². The summed E-state index contributed by atoms with van der Waals surface area (Å²) in [6.07, 6.45) is 5.20. The summed E-state index contributed by atoms with van der Waals surface area (Å²) in [6, 6.07) is 0.543. The van der Waals surface area contributed by atoms with E-state index in [1.54, 1.807) is 0 Å².